The molecule has 5 aromatic rings. The molecule has 2 aliphatic heterocycles. The summed E-state index contributed by atoms with van der Waals surface area (Å²) in [5.74, 6) is -3.33. The molecule has 1 fully saturated rings. The van der Waals surface area contributed by atoms with Crippen LogP contribution >= 0.6 is 11.6 Å². The van der Waals surface area contributed by atoms with E-state index < -0.39 is 54.0 Å². The smallest absolute Gasteiger partial charge is 0.417 e. The van der Waals surface area contributed by atoms with Crippen molar-refractivity contribution in [3.63, 3.8) is 0 Å². The SMILES string of the molecule is CCOC(=O)C1=CC[C@]2(C(=O)OCC)[C@H]1CN1C(=O)N(Cc3ccc4ccc5cccc6ccc3c4c56)c3ccc(Cl)cc3[C@@]12C(F)(F)F. The maximum atomic E-state index is 16.2. The number of urea groups is 1. The number of hydrogen-bond acceptors (Lipinski definition) is 5. The van der Waals surface area contributed by atoms with Crippen LogP contribution in [0.5, 0.6) is 0 Å². The number of alkyl halides is 3. The maximum absolute atomic E-state index is 16.2. The Bertz CT molecular complexity index is 2240. The third-order valence-corrected chi connectivity index (χ3v) is 10.9. The molecule has 0 spiro atoms. The first-order chi connectivity index (χ1) is 23.5. The monoisotopic (exact) mass is 686 g/mol. The molecule has 0 aromatic heterocycles. The quantitative estimate of drug-likeness (QED) is 0.132. The van der Waals surface area contributed by atoms with Crippen molar-refractivity contribution in [2.24, 2.45) is 11.3 Å². The number of esters is 2. The van der Waals surface area contributed by atoms with Crippen molar-refractivity contribution in [2.75, 3.05) is 24.7 Å². The van der Waals surface area contributed by atoms with Gasteiger partial charge in [0.1, 0.15) is 5.41 Å². The molecule has 0 bridgehead atoms. The Hall–Kier alpha value is -4.83. The number of carbonyl (C=O) groups excluding carboxylic acids is 3. The second kappa shape index (κ2) is 10.8. The van der Waals surface area contributed by atoms with Gasteiger partial charge >= 0.3 is 24.1 Å². The number of halogens is 4. The molecule has 49 heavy (non-hydrogen) atoms. The van der Waals surface area contributed by atoms with Gasteiger partial charge in [-0.25, -0.2) is 9.59 Å². The molecule has 0 N–H and O–H groups in total. The van der Waals surface area contributed by atoms with Crippen LogP contribution in [0.2, 0.25) is 5.02 Å². The van der Waals surface area contributed by atoms with Crippen LogP contribution in [0.3, 0.4) is 0 Å². The Balaban J connectivity index is 1.35. The molecule has 8 rings (SSSR count). The molecular formula is C38H30ClF3N2O5. The molecule has 5 aromatic carbocycles. The van der Waals surface area contributed by atoms with E-state index >= 15 is 13.2 Å². The van der Waals surface area contributed by atoms with Crippen LogP contribution in [0.15, 0.2) is 84.4 Å². The summed E-state index contributed by atoms with van der Waals surface area (Å²) in [4.78, 5) is 44.0. The molecule has 250 valence electrons. The van der Waals surface area contributed by atoms with Crippen molar-refractivity contribution in [3.8, 4) is 0 Å². The molecule has 1 aliphatic carbocycles. The lowest BCUT2D eigenvalue weighted by Crippen LogP contribution is -2.68. The Morgan fingerprint density at radius 2 is 1.59 bits per heavy atom. The van der Waals surface area contributed by atoms with Gasteiger partial charge in [0.05, 0.1) is 25.4 Å². The predicted octanol–water partition coefficient (Wildman–Crippen LogP) is 8.51. The zero-order valence-electron chi connectivity index (χ0n) is 26.6. The summed E-state index contributed by atoms with van der Waals surface area (Å²) in [6.45, 7) is 2.23. The number of allylic oxidation sites excluding steroid dienone is 1. The second-order valence-corrected chi connectivity index (χ2v) is 13.2. The van der Waals surface area contributed by atoms with E-state index in [0.29, 0.717) is 0 Å². The van der Waals surface area contributed by atoms with E-state index in [2.05, 4.69) is 6.07 Å². The summed E-state index contributed by atoms with van der Waals surface area (Å²) in [5.41, 5.74) is -5.33. The number of amides is 2. The summed E-state index contributed by atoms with van der Waals surface area (Å²) in [5, 5.41) is 6.03. The Morgan fingerprint density at radius 1 is 0.918 bits per heavy atom. The standard InChI is InChI=1S/C38H30ClF3N2O5/c1-3-48-33(45)27-16-17-36(34(46)49-4-2)29(27)20-44-35(47)43(30-15-13-25(39)18-28(30)37(36,44)38(40,41)42)19-24-11-10-23-9-8-21-6-5-7-22-12-14-26(24)32(23)31(21)22/h5-16,18,29H,3-4,17,19-20H2,1-2H3/t29-,36+,37+/m0/s1. The van der Waals surface area contributed by atoms with Crippen LogP contribution in [0.4, 0.5) is 23.7 Å². The largest absolute Gasteiger partial charge is 0.465 e. The van der Waals surface area contributed by atoms with Crippen molar-refractivity contribution in [2.45, 2.75) is 38.5 Å². The van der Waals surface area contributed by atoms with E-state index in [4.69, 9.17) is 21.1 Å². The number of nitrogens with zero attached hydrogens (tertiary/aromatic N) is 2. The first kappa shape index (κ1) is 31.4. The van der Waals surface area contributed by atoms with Gasteiger partial charge in [0, 0.05) is 28.6 Å². The summed E-state index contributed by atoms with van der Waals surface area (Å²) >= 11 is 6.45. The minimum atomic E-state index is -5.19. The van der Waals surface area contributed by atoms with Crippen LogP contribution < -0.4 is 4.90 Å². The average Bonchev–Trinajstić information content (AvgIpc) is 3.61. The van der Waals surface area contributed by atoms with Gasteiger partial charge < -0.3 is 14.4 Å². The highest BCUT2D eigenvalue weighted by atomic mass is 35.5. The number of ether oxygens (including phenoxy) is 2. The minimum Gasteiger partial charge on any atom is -0.465 e. The van der Waals surface area contributed by atoms with Crippen molar-refractivity contribution in [1.82, 2.24) is 4.90 Å². The van der Waals surface area contributed by atoms with E-state index in [1.54, 1.807) is 6.92 Å². The van der Waals surface area contributed by atoms with E-state index in [-0.39, 0.29) is 41.6 Å². The Morgan fingerprint density at radius 3 is 2.29 bits per heavy atom. The average molecular weight is 687 g/mol. The van der Waals surface area contributed by atoms with Gasteiger partial charge in [0.15, 0.2) is 5.54 Å². The zero-order valence-corrected chi connectivity index (χ0v) is 27.3. The van der Waals surface area contributed by atoms with Gasteiger partial charge in [-0.2, -0.15) is 13.2 Å². The van der Waals surface area contributed by atoms with E-state index in [1.807, 2.05) is 48.5 Å². The number of anilines is 1. The molecule has 0 radical (unpaired) electrons. The van der Waals surface area contributed by atoms with Crippen molar-refractivity contribution in [3.05, 3.63) is 101 Å². The highest BCUT2D eigenvalue weighted by Crippen LogP contribution is 2.70. The summed E-state index contributed by atoms with van der Waals surface area (Å²) < 4.78 is 59.3. The Kier molecular flexibility index (Phi) is 6.95. The molecule has 2 heterocycles. The maximum Gasteiger partial charge on any atom is 0.417 e. The van der Waals surface area contributed by atoms with Crippen LogP contribution in [0.1, 0.15) is 31.4 Å². The number of benzene rings is 5. The van der Waals surface area contributed by atoms with E-state index in [1.165, 1.54) is 36.1 Å². The van der Waals surface area contributed by atoms with Gasteiger partial charge in [-0.3, -0.25) is 9.69 Å². The third kappa shape index (κ3) is 4.00. The molecule has 11 heteroatoms. The minimum absolute atomic E-state index is 0.00149. The topological polar surface area (TPSA) is 76.2 Å². The molecule has 0 unspecified atom stereocenters. The molecule has 3 atom stereocenters. The molecule has 7 nitrogen and oxygen atoms in total. The molecule has 2 amide bonds. The lowest BCUT2D eigenvalue weighted by molar-refractivity contribution is -0.256. The van der Waals surface area contributed by atoms with Crippen molar-refractivity contribution >= 4 is 67.6 Å². The fourth-order valence-corrected chi connectivity index (χ4v) is 8.99. The summed E-state index contributed by atoms with van der Waals surface area (Å²) in [6, 6.07) is 21.0. The van der Waals surface area contributed by atoms with Crippen LogP contribution in [-0.4, -0.2) is 48.8 Å². The number of carbonyl (C=O) groups is 3. The fourth-order valence-electron chi connectivity index (χ4n) is 8.81. The van der Waals surface area contributed by atoms with Gasteiger partial charge in [0.2, 0.25) is 0 Å². The number of fused-ring (bicyclic) bond motifs is 5. The summed E-state index contributed by atoms with van der Waals surface area (Å²) in [7, 11) is 0. The Labute approximate surface area is 284 Å². The van der Waals surface area contributed by atoms with Gasteiger partial charge in [-0.05, 0) is 76.3 Å². The predicted molar refractivity (Wildman–Crippen MR) is 180 cm³/mol. The highest BCUT2D eigenvalue weighted by molar-refractivity contribution is 6.31. The molecule has 1 saturated heterocycles. The number of hydrogen-bond donors (Lipinski definition) is 0. The first-order valence-corrected chi connectivity index (χ1v) is 16.5. The normalized spacial score (nSPS) is 23.2. The fraction of sp³-hybridized carbons (Fsp3) is 0.289. The number of rotatable bonds is 6. The van der Waals surface area contributed by atoms with E-state index in [9.17, 15) is 14.4 Å². The van der Waals surface area contributed by atoms with Gasteiger partial charge in [0.25, 0.3) is 0 Å². The van der Waals surface area contributed by atoms with Crippen molar-refractivity contribution in [1.29, 1.82) is 0 Å². The molecule has 3 aliphatic rings. The zero-order chi connectivity index (χ0) is 34.5. The third-order valence-electron chi connectivity index (χ3n) is 10.6. The van der Waals surface area contributed by atoms with E-state index in [0.717, 1.165) is 42.8 Å². The highest BCUT2D eigenvalue weighted by Gasteiger charge is 2.84. The van der Waals surface area contributed by atoms with Crippen LogP contribution in [0.25, 0.3) is 32.3 Å². The lowest BCUT2D eigenvalue weighted by Gasteiger charge is -2.53. The molecular weight excluding hydrogens is 657 g/mol. The summed E-state index contributed by atoms with van der Waals surface area (Å²) in [6.07, 6.45) is -4.36. The van der Waals surface area contributed by atoms with Crippen LogP contribution in [0, 0.1) is 11.3 Å². The first-order valence-electron chi connectivity index (χ1n) is 16.1. The molecule has 0 saturated carbocycles. The second-order valence-electron chi connectivity index (χ2n) is 12.8. The van der Waals surface area contributed by atoms with Crippen molar-refractivity contribution < 1.29 is 37.0 Å². The van der Waals surface area contributed by atoms with Gasteiger partial charge in [-0.15, -0.1) is 0 Å². The van der Waals surface area contributed by atoms with Crippen LogP contribution in [-0.2, 0) is 31.1 Å². The lowest BCUT2D eigenvalue weighted by atomic mass is 9.60. The van der Waals surface area contributed by atoms with Gasteiger partial charge in [-0.1, -0.05) is 72.3 Å².